The molecule has 5 nitrogen and oxygen atoms in total. The number of ether oxygens (including phenoxy) is 1. The third-order valence-electron chi connectivity index (χ3n) is 1.09. The van der Waals surface area contributed by atoms with Gasteiger partial charge in [-0.15, -0.1) is 10.2 Å². The van der Waals surface area contributed by atoms with Crippen molar-refractivity contribution in [3.8, 4) is 0 Å². The number of hydrogen-bond acceptors (Lipinski definition) is 6. The zero-order valence-electron chi connectivity index (χ0n) is 6.83. The maximum Gasteiger partial charge on any atom is 0.369 e. The molecule has 0 bridgehead atoms. The molecule has 0 unspecified atom stereocenters. The van der Waals surface area contributed by atoms with Crippen molar-refractivity contribution < 1.29 is 9.53 Å². The Morgan fingerprint density at radius 1 is 1.67 bits per heavy atom. The van der Waals surface area contributed by atoms with Crippen LogP contribution in [0.5, 0.6) is 0 Å². The molecule has 0 aromatic carbocycles. The fraction of sp³-hybridized carbons (Fsp3) is 0.500. The van der Waals surface area contributed by atoms with E-state index in [2.05, 4.69) is 15.5 Å². The van der Waals surface area contributed by atoms with Gasteiger partial charge < -0.3 is 10.1 Å². The van der Waals surface area contributed by atoms with Crippen LogP contribution in [-0.4, -0.2) is 29.8 Å². The maximum absolute atomic E-state index is 11.0. The highest BCUT2D eigenvalue weighted by atomic mass is 32.1. The first-order chi connectivity index (χ1) is 5.77. The van der Waals surface area contributed by atoms with Crippen LogP contribution in [-0.2, 0) is 4.74 Å². The first-order valence-corrected chi connectivity index (χ1v) is 4.28. The number of nitrogens with zero attached hydrogens (tertiary/aromatic N) is 2. The summed E-state index contributed by atoms with van der Waals surface area (Å²) < 4.78 is 4.73. The number of esters is 1. The second-order valence-corrected chi connectivity index (χ2v) is 2.86. The van der Waals surface area contributed by atoms with Gasteiger partial charge in [0.15, 0.2) is 0 Å². The fourth-order valence-electron chi connectivity index (χ4n) is 0.600. The van der Waals surface area contributed by atoms with Gasteiger partial charge in [-0.3, -0.25) is 0 Å². The average Bonchev–Trinajstić information content (AvgIpc) is 2.52. The summed E-state index contributed by atoms with van der Waals surface area (Å²) in [5, 5.41) is 11.0. The van der Waals surface area contributed by atoms with Crippen molar-refractivity contribution in [3.63, 3.8) is 0 Å². The number of rotatable bonds is 3. The second-order valence-electron chi connectivity index (χ2n) is 1.88. The van der Waals surface area contributed by atoms with E-state index in [0.29, 0.717) is 11.7 Å². The van der Waals surface area contributed by atoms with Crippen molar-refractivity contribution in [2.75, 3.05) is 19.0 Å². The first kappa shape index (κ1) is 8.92. The van der Waals surface area contributed by atoms with E-state index in [1.54, 1.807) is 14.0 Å². The van der Waals surface area contributed by atoms with Crippen LogP contribution in [0, 0.1) is 0 Å². The molecule has 66 valence electrons. The number of hydrogen-bond donors (Lipinski definition) is 1. The molecule has 0 amide bonds. The Hall–Kier alpha value is -1.17. The lowest BCUT2D eigenvalue weighted by atomic mass is 10.7. The van der Waals surface area contributed by atoms with Gasteiger partial charge in [-0.05, 0) is 6.92 Å². The highest BCUT2D eigenvalue weighted by Gasteiger charge is 2.12. The third kappa shape index (κ3) is 1.91. The van der Waals surface area contributed by atoms with Crippen LogP contribution in [0.4, 0.5) is 5.13 Å². The number of anilines is 1. The molecule has 12 heavy (non-hydrogen) atoms. The number of aromatic nitrogens is 2. The van der Waals surface area contributed by atoms with Gasteiger partial charge in [0, 0.05) is 7.05 Å². The number of nitrogens with one attached hydrogen (secondary N) is 1. The van der Waals surface area contributed by atoms with Crippen LogP contribution in [0.3, 0.4) is 0 Å². The largest absolute Gasteiger partial charge is 0.461 e. The van der Waals surface area contributed by atoms with Crippen molar-refractivity contribution in [1.82, 2.24) is 10.2 Å². The van der Waals surface area contributed by atoms with Gasteiger partial charge in [0.05, 0.1) is 6.61 Å². The summed E-state index contributed by atoms with van der Waals surface area (Å²) in [6.45, 7) is 2.10. The standard InChI is InChI=1S/C6H9N3O2S/c1-3-11-5(10)4-8-9-6(7-2)12-4/h3H2,1-2H3,(H,7,9). The minimum Gasteiger partial charge on any atom is -0.461 e. The highest BCUT2D eigenvalue weighted by molar-refractivity contribution is 7.17. The molecule has 0 aliphatic rings. The van der Waals surface area contributed by atoms with E-state index in [9.17, 15) is 4.79 Å². The van der Waals surface area contributed by atoms with Gasteiger partial charge in [0.25, 0.3) is 0 Å². The fourth-order valence-corrected chi connectivity index (χ4v) is 1.19. The molecule has 0 saturated heterocycles. The Balaban J connectivity index is 2.68. The molecular formula is C6H9N3O2S. The predicted molar refractivity (Wildman–Crippen MR) is 45.4 cm³/mol. The molecular weight excluding hydrogens is 178 g/mol. The van der Waals surface area contributed by atoms with Crippen molar-refractivity contribution >= 4 is 22.4 Å². The Bertz CT molecular complexity index is 274. The number of carbonyl (C=O) groups excluding carboxylic acids is 1. The van der Waals surface area contributed by atoms with Crippen molar-refractivity contribution in [3.05, 3.63) is 5.01 Å². The van der Waals surface area contributed by atoms with Gasteiger partial charge in [-0.2, -0.15) is 0 Å². The van der Waals surface area contributed by atoms with Crippen LogP contribution in [0.15, 0.2) is 0 Å². The van der Waals surface area contributed by atoms with Crippen LogP contribution in [0.1, 0.15) is 16.7 Å². The van der Waals surface area contributed by atoms with Gasteiger partial charge in [-0.25, -0.2) is 4.79 Å². The summed E-state index contributed by atoms with van der Waals surface area (Å²) in [5.41, 5.74) is 0. The quantitative estimate of drug-likeness (QED) is 0.707. The lowest BCUT2D eigenvalue weighted by Gasteiger charge is -1.94. The van der Waals surface area contributed by atoms with Gasteiger partial charge in [0.2, 0.25) is 10.1 Å². The third-order valence-corrected chi connectivity index (χ3v) is 2.01. The van der Waals surface area contributed by atoms with E-state index < -0.39 is 5.97 Å². The molecule has 0 saturated carbocycles. The average molecular weight is 187 g/mol. The van der Waals surface area contributed by atoms with E-state index in [4.69, 9.17) is 4.74 Å². The molecule has 0 fully saturated rings. The van der Waals surface area contributed by atoms with Crippen LogP contribution in [0.2, 0.25) is 0 Å². The maximum atomic E-state index is 11.0. The van der Waals surface area contributed by atoms with E-state index in [-0.39, 0.29) is 5.01 Å². The van der Waals surface area contributed by atoms with E-state index in [1.165, 1.54) is 11.3 Å². The zero-order valence-corrected chi connectivity index (χ0v) is 7.64. The molecule has 0 aliphatic heterocycles. The summed E-state index contributed by atoms with van der Waals surface area (Å²) in [7, 11) is 1.72. The predicted octanol–water partition coefficient (Wildman–Crippen LogP) is 0.757. The topological polar surface area (TPSA) is 64.1 Å². The minimum absolute atomic E-state index is 0.279. The minimum atomic E-state index is -0.420. The van der Waals surface area contributed by atoms with Crippen molar-refractivity contribution in [2.24, 2.45) is 0 Å². The van der Waals surface area contributed by atoms with Crippen LogP contribution < -0.4 is 5.32 Å². The molecule has 0 radical (unpaired) electrons. The first-order valence-electron chi connectivity index (χ1n) is 3.46. The molecule has 1 N–H and O–H groups in total. The van der Waals surface area contributed by atoms with E-state index in [0.717, 1.165) is 0 Å². The smallest absolute Gasteiger partial charge is 0.369 e. The summed E-state index contributed by atoms with van der Waals surface area (Å²) in [4.78, 5) is 11.0. The highest BCUT2D eigenvalue weighted by Crippen LogP contribution is 2.14. The number of carbonyl (C=O) groups is 1. The van der Waals surface area contributed by atoms with E-state index in [1.807, 2.05) is 0 Å². The summed E-state index contributed by atoms with van der Waals surface area (Å²) in [5.74, 6) is -0.420. The SMILES string of the molecule is CCOC(=O)c1nnc(NC)s1. The van der Waals surface area contributed by atoms with Crippen molar-refractivity contribution in [1.29, 1.82) is 0 Å². The Labute approximate surface area is 73.8 Å². The van der Waals surface area contributed by atoms with E-state index >= 15 is 0 Å². The molecule has 1 aromatic rings. The van der Waals surface area contributed by atoms with Gasteiger partial charge in [-0.1, -0.05) is 11.3 Å². The van der Waals surface area contributed by atoms with Gasteiger partial charge >= 0.3 is 5.97 Å². The molecule has 0 spiro atoms. The lowest BCUT2D eigenvalue weighted by molar-refractivity contribution is 0.0525. The zero-order chi connectivity index (χ0) is 8.97. The normalized spacial score (nSPS) is 9.50. The van der Waals surface area contributed by atoms with Crippen LogP contribution in [0.25, 0.3) is 0 Å². The molecule has 1 heterocycles. The Morgan fingerprint density at radius 2 is 2.42 bits per heavy atom. The molecule has 0 aliphatic carbocycles. The van der Waals surface area contributed by atoms with Crippen LogP contribution >= 0.6 is 11.3 Å². The summed E-state index contributed by atoms with van der Waals surface area (Å²) in [6.07, 6.45) is 0. The lowest BCUT2D eigenvalue weighted by Crippen LogP contribution is -2.03. The molecule has 1 rings (SSSR count). The Kier molecular flexibility index (Phi) is 2.98. The molecule has 0 atom stereocenters. The second kappa shape index (κ2) is 4.01. The van der Waals surface area contributed by atoms with Gasteiger partial charge in [0.1, 0.15) is 0 Å². The summed E-state index contributed by atoms with van der Waals surface area (Å²) >= 11 is 1.17. The summed E-state index contributed by atoms with van der Waals surface area (Å²) in [6, 6.07) is 0. The molecule has 1 aromatic heterocycles. The van der Waals surface area contributed by atoms with Crippen molar-refractivity contribution in [2.45, 2.75) is 6.92 Å². The Morgan fingerprint density at radius 3 is 2.92 bits per heavy atom. The molecule has 6 heteroatoms. The monoisotopic (exact) mass is 187 g/mol.